The molecule has 0 N–H and O–H groups in total. The number of rotatable bonds is 3. The van der Waals surface area contributed by atoms with Crippen molar-refractivity contribution >= 4 is 11.5 Å². The van der Waals surface area contributed by atoms with E-state index >= 15 is 0 Å². The third-order valence-electron chi connectivity index (χ3n) is 4.73. The van der Waals surface area contributed by atoms with Gasteiger partial charge < -0.3 is 4.90 Å². The Morgan fingerprint density at radius 2 is 1.63 bits per heavy atom. The van der Waals surface area contributed by atoms with E-state index in [1.807, 2.05) is 4.90 Å². The molecule has 0 unspecified atom stereocenters. The van der Waals surface area contributed by atoms with Crippen molar-refractivity contribution in [1.29, 1.82) is 0 Å². The minimum atomic E-state index is -4.59. The van der Waals surface area contributed by atoms with Crippen LogP contribution in [-0.2, 0) is 12.7 Å². The second kappa shape index (κ2) is 6.80. The van der Waals surface area contributed by atoms with E-state index in [9.17, 15) is 13.2 Å². The molecule has 1 saturated heterocycles. The first-order chi connectivity index (χ1) is 12.9. The van der Waals surface area contributed by atoms with Crippen LogP contribution in [0.5, 0.6) is 0 Å². The first kappa shape index (κ1) is 17.7. The number of alkyl halides is 3. The van der Waals surface area contributed by atoms with Gasteiger partial charge in [-0.2, -0.15) is 17.7 Å². The number of benzene rings is 1. The van der Waals surface area contributed by atoms with E-state index in [1.54, 1.807) is 6.07 Å². The van der Waals surface area contributed by atoms with E-state index in [0.29, 0.717) is 18.9 Å². The van der Waals surface area contributed by atoms with Gasteiger partial charge >= 0.3 is 6.18 Å². The number of piperazine rings is 1. The molecule has 4 rings (SSSR count). The number of hydrogen-bond acceptors (Lipinski definition) is 5. The lowest BCUT2D eigenvalue weighted by molar-refractivity contribution is -0.146. The maximum absolute atomic E-state index is 13.0. The molecule has 3 heterocycles. The summed E-state index contributed by atoms with van der Waals surface area (Å²) in [6, 6.07) is 11.7. The number of hydrogen-bond donors (Lipinski definition) is 0. The minimum Gasteiger partial charge on any atom is -0.353 e. The molecule has 0 atom stereocenters. The molecule has 1 aliphatic rings. The predicted molar refractivity (Wildman–Crippen MR) is 94.5 cm³/mol. The van der Waals surface area contributed by atoms with Crippen molar-refractivity contribution in [3.8, 4) is 0 Å². The summed E-state index contributed by atoms with van der Waals surface area (Å²) in [5.74, 6) is -0.597. The van der Waals surface area contributed by atoms with Crippen molar-refractivity contribution in [2.45, 2.75) is 19.6 Å². The van der Waals surface area contributed by atoms with E-state index in [4.69, 9.17) is 0 Å². The number of aromatic nitrogens is 4. The van der Waals surface area contributed by atoms with E-state index in [0.717, 1.165) is 24.1 Å². The van der Waals surface area contributed by atoms with Gasteiger partial charge in [-0.15, -0.1) is 15.3 Å². The largest absolute Gasteiger partial charge is 0.453 e. The summed E-state index contributed by atoms with van der Waals surface area (Å²) in [5.41, 5.74) is 2.58. The second-order valence-corrected chi connectivity index (χ2v) is 6.73. The Labute approximate surface area is 154 Å². The molecule has 2 aromatic heterocycles. The fourth-order valence-electron chi connectivity index (χ4n) is 3.21. The van der Waals surface area contributed by atoms with Gasteiger partial charge in [0, 0.05) is 32.7 Å². The molecule has 9 heteroatoms. The third-order valence-corrected chi connectivity index (χ3v) is 4.73. The molecule has 27 heavy (non-hydrogen) atoms. The lowest BCUT2D eigenvalue weighted by Crippen LogP contribution is -2.46. The highest BCUT2D eigenvalue weighted by Gasteiger charge is 2.37. The molecule has 0 amide bonds. The number of fused-ring (bicyclic) bond motifs is 1. The van der Waals surface area contributed by atoms with Crippen molar-refractivity contribution < 1.29 is 13.2 Å². The Morgan fingerprint density at radius 3 is 2.30 bits per heavy atom. The molecule has 0 radical (unpaired) electrons. The molecule has 0 bridgehead atoms. The lowest BCUT2D eigenvalue weighted by atomic mass is 10.1. The maximum Gasteiger partial charge on any atom is 0.453 e. The van der Waals surface area contributed by atoms with Crippen molar-refractivity contribution in [3.63, 3.8) is 0 Å². The van der Waals surface area contributed by atoms with E-state index < -0.39 is 12.0 Å². The molecule has 142 valence electrons. The highest BCUT2D eigenvalue weighted by Crippen LogP contribution is 2.28. The van der Waals surface area contributed by atoms with E-state index in [-0.39, 0.29) is 5.65 Å². The Balaban J connectivity index is 1.45. The number of nitrogens with zero attached hydrogens (tertiary/aromatic N) is 6. The van der Waals surface area contributed by atoms with Gasteiger partial charge in [0.25, 0.3) is 5.82 Å². The number of halogens is 3. The summed E-state index contributed by atoms with van der Waals surface area (Å²) in [4.78, 5) is 4.32. The van der Waals surface area contributed by atoms with E-state index in [1.165, 1.54) is 17.2 Å². The third kappa shape index (κ3) is 3.73. The van der Waals surface area contributed by atoms with Crippen molar-refractivity contribution in [3.05, 3.63) is 53.3 Å². The summed E-state index contributed by atoms with van der Waals surface area (Å²) >= 11 is 0. The molecule has 6 nitrogen and oxygen atoms in total. The van der Waals surface area contributed by atoms with Gasteiger partial charge in [-0.05, 0) is 24.6 Å². The number of anilines is 1. The van der Waals surface area contributed by atoms with Crippen LogP contribution in [-0.4, -0.2) is 50.9 Å². The van der Waals surface area contributed by atoms with Crippen LogP contribution in [0.1, 0.15) is 17.0 Å². The average molecular weight is 376 g/mol. The zero-order valence-electron chi connectivity index (χ0n) is 14.8. The zero-order chi connectivity index (χ0) is 19.0. The maximum atomic E-state index is 13.0. The fourth-order valence-corrected chi connectivity index (χ4v) is 3.21. The van der Waals surface area contributed by atoms with Crippen molar-refractivity contribution in [1.82, 2.24) is 24.7 Å². The first-order valence-corrected chi connectivity index (χ1v) is 8.73. The van der Waals surface area contributed by atoms with Gasteiger partial charge in [-0.1, -0.05) is 29.8 Å². The molecule has 1 aliphatic heterocycles. The molecule has 0 spiro atoms. The van der Waals surface area contributed by atoms with Gasteiger partial charge in [0.15, 0.2) is 5.65 Å². The standard InChI is InChI=1S/C18H19F3N6/c1-13-2-4-14(5-3-13)12-25-8-10-26(11-9-25)16-7-6-15-22-23-17(18(19,20)21)27(15)24-16/h2-7H,8-12H2,1H3. The Hall–Kier alpha value is -2.68. The predicted octanol–water partition coefficient (Wildman–Crippen LogP) is 2.77. The molecule has 1 aromatic carbocycles. The summed E-state index contributed by atoms with van der Waals surface area (Å²) in [6.07, 6.45) is -4.59. The second-order valence-electron chi connectivity index (χ2n) is 6.73. The van der Waals surface area contributed by atoms with Crippen LogP contribution in [0.15, 0.2) is 36.4 Å². The molecule has 1 fully saturated rings. The molecular formula is C18H19F3N6. The van der Waals surface area contributed by atoms with Gasteiger partial charge in [-0.25, -0.2) is 0 Å². The highest BCUT2D eigenvalue weighted by molar-refractivity contribution is 5.46. The van der Waals surface area contributed by atoms with Crippen molar-refractivity contribution in [2.75, 3.05) is 31.1 Å². The summed E-state index contributed by atoms with van der Waals surface area (Å²) in [7, 11) is 0. The SMILES string of the molecule is Cc1ccc(CN2CCN(c3ccc4nnc(C(F)(F)F)n4n3)CC2)cc1. The molecule has 0 saturated carbocycles. The minimum absolute atomic E-state index is 0.0871. The van der Waals surface area contributed by atoms with Crippen molar-refractivity contribution in [2.24, 2.45) is 0 Å². The van der Waals surface area contributed by atoms with Crippen LogP contribution in [0.25, 0.3) is 5.65 Å². The Kier molecular flexibility index (Phi) is 4.47. The van der Waals surface area contributed by atoms with Crippen LogP contribution >= 0.6 is 0 Å². The van der Waals surface area contributed by atoms with E-state index in [2.05, 4.69) is 51.4 Å². The van der Waals surface area contributed by atoms with Gasteiger partial charge in [0.1, 0.15) is 5.82 Å². The average Bonchev–Trinajstić information content (AvgIpc) is 3.08. The van der Waals surface area contributed by atoms with Gasteiger partial charge in [0.05, 0.1) is 0 Å². The lowest BCUT2D eigenvalue weighted by Gasteiger charge is -2.35. The molecule has 0 aliphatic carbocycles. The summed E-state index contributed by atoms with van der Waals surface area (Å²) < 4.78 is 39.8. The first-order valence-electron chi connectivity index (χ1n) is 8.73. The monoisotopic (exact) mass is 376 g/mol. The van der Waals surface area contributed by atoms with Crippen LogP contribution in [0.2, 0.25) is 0 Å². The van der Waals surface area contributed by atoms with Gasteiger partial charge in [0.2, 0.25) is 0 Å². The highest BCUT2D eigenvalue weighted by atomic mass is 19.4. The normalized spacial score (nSPS) is 16.2. The fraction of sp³-hybridized carbons (Fsp3) is 0.389. The van der Waals surface area contributed by atoms with Crippen LogP contribution in [0.3, 0.4) is 0 Å². The molecular weight excluding hydrogens is 357 g/mol. The number of aryl methyl sites for hydroxylation is 1. The summed E-state index contributed by atoms with van der Waals surface area (Å²) in [5, 5.41) is 10.9. The van der Waals surface area contributed by atoms with Crippen LogP contribution in [0.4, 0.5) is 19.0 Å². The van der Waals surface area contributed by atoms with Crippen LogP contribution < -0.4 is 4.90 Å². The Morgan fingerprint density at radius 1 is 0.926 bits per heavy atom. The quantitative estimate of drug-likeness (QED) is 0.704. The Bertz CT molecular complexity index is 926. The molecule has 3 aromatic rings. The van der Waals surface area contributed by atoms with Gasteiger partial charge in [-0.3, -0.25) is 4.90 Å². The van der Waals surface area contributed by atoms with Crippen LogP contribution in [0, 0.1) is 6.92 Å². The smallest absolute Gasteiger partial charge is 0.353 e. The topological polar surface area (TPSA) is 49.6 Å². The zero-order valence-corrected chi connectivity index (χ0v) is 14.8. The summed E-state index contributed by atoms with van der Waals surface area (Å²) in [6.45, 7) is 5.97.